The summed E-state index contributed by atoms with van der Waals surface area (Å²) in [6, 6.07) is 0. The molecule has 6 nitrogen and oxygen atoms in total. The Morgan fingerprint density at radius 1 is 0.344 bits per heavy atom. The summed E-state index contributed by atoms with van der Waals surface area (Å²) in [6.07, 6.45) is 62.8. The van der Waals surface area contributed by atoms with Crippen LogP contribution in [-0.2, 0) is 28.6 Å². The molecule has 0 fully saturated rings. The molecule has 0 N–H and O–H groups in total. The van der Waals surface area contributed by atoms with Gasteiger partial charge in [0.2, 0.25) is 0 Å². The van der Waals surface area contributed by atoms with Gasteiger partial charge in [0.15, 0.2) is 6.10 Å². The van der Waals surface area contributed by atoms with E-state index in [1.807, 2.05) is 0 Å². The average Bonchev–Trinajstić information content (AvgIpc) is 3.26. The van der Waals surface area contributed by atoms with E-state index in [1.165, 1.54) is 51.4 Å². The molecule has 6 heteroatoms. The van der Waals surface area contributed by atoms with Crippen LogP contribution in [0.5, 0.6) is 0 Å². The standard InChI is InChI=1S/C55H92O6/c1-4-7-10-13-16-19-22-24-26-27-29-31-34-37-40-43-46-49-55(58)61-52(50-59-53(56)47-44-41-38-35-32-21-18-15-12-9-6-3)51-60-54(57)48-45-42-39-36-33-30-28-25-23-20-17-14-11-8-5-2/h7-8,10-11,16-17,19-20,24-26,28-29,31,52H,4-6,9,12-15,18,21-23,27,30,32-51H2,1-3H3/b10-7-,11-8-,19-16-,20-17-,26-24-,28-25-,31-29-/t52-/m0/s1. The van der Waals surface area contributed by atoms with E-state index < -0.39 is 6.10 Å². The van der Waals surface area contributed by atoms with Crippen molar-refractivity contribution in [2.45, 2.75) is 232 Å². The summed E-state index contributed by atoms with van der Waals surface area (Å²) in [5.41, 5.74) is 0. The van der Waals surface area contributed by atoms with E-state index in [0.717, 1.165) is 135 Å². The summed E-state index contributed by atoms with van der Waals surface area (Å²) < 4.78 is 16.7. The quantitative estimate of drug-likeness (QED) is 0.0263. The van der Waals surface area contributed by atoms with Crippen molar-refractivity contribution in [3.63, 3.8) is 0 Å². The summed E-state index contributed by atoms with van der Waals surface area (Å²) in [4.78, 5) is 37.9. The molecule has 0 aromatic carbocycles. The molecule has 0 spiro atoms. The third-order valence-electron chi connectivity index (χ3n) is 10.4. The van der Waals surface area contributed by atoms with Crippen molar-refractivity contribution in [3.05, 3.63) is 85.1 Å². The normalized spacial score (nSPS) is 12.8. The second kappa shape index (κ2) is 49.2. The summed E-state index contributed by atoms with van der Waals surface area (Å²) in [5, 5.41) is 0. The van der Waals surface area contributed by atoms with Gasteiger partial charge in [-0.05, 0) is 89.9 Å². The van der Waals surface area contributed by atoms with Gasteiger partial charge < -0.3 is 14.2 Å². The Bertz CT molecular complexity index is 1200. The predicted octanol–water partition coefficient (Wildman–Crippen LogP) is 16.4. The van der Waals surface area contributed by atoms with Crippen molar-refractivity contribution in [1.29, 1.82) is 0 Å². The van der Waals surface area contributed by atoms with Crippen molar-refractivity contribution in [1.82, 2.24) is 0 Å². The van der Waals surface area contributed by atoms with Crippen molar-refractivity contribution >= 4 is 17.9 Å². The van der Waals surface area contributed by atoms with Crippen molar-refractivity contribution in [3.8, 4) is 0 Å². The fourth-order valence-corrected chi connectivity index (χ4v) is 6.68. The molecule has 0 amide bonds. The smallest absolute Gasteiger partial charge is 0.306 e. The zero-order valence-corrected chi connectivity index (χ0v) is 39.7. The molecule has 0 bridgehead atoms. The predicted molar refractivity (Wildman–Crippen MR) is 261 cm³/mol. The minimum Gasteiger partial charge on any atom is -0.462 e. The van der Waals surface area contributed by atoms with Gasteiger partial charge in [-0.3, -0.25) is 14.4 Å². The summed E-state index contributed by atoms with van der Waals surface area (Å²) >= 11 is 0. The highest BCUT2D eigenvalue weighted by Crippen LogP contribution is 2.14. The Kier molecular flexibility index (Phi) is 46.5. The van der Waals surface area contributed by atoms with Gasteiger partial charge in [0.05, 0.1) is 0 Å². The molecule has 0 aromatic rings. The number of hydrogen-bond donors (Lipinski definition) is 0. The van der Waals surface area contributed by atoms with E-state index in [9.17, 15) is 14.4 Å². The lowest BCUT2D eigenvalue weighted by Gasteiger charge is -2.18. The minimum atomic E-state index is -0.794. The first kappa shape index (κ1) is 57.6. The van der Waals surface area contributed by atoms with Crippen molar-refractivity contribution in [2.75, 3.05) is 13.2 Å². The average molecular weight is 849 g/mol. The van der Waals surface area contributed by atoms with E-state index in [4.69, 9.17) is 14.2 Å². The van der Waals surface area contributed by atoms with Gasteiger partial charge in [0, 0.05) is 19.3 Å². The fraction of sp³-hybridized carbons (Fsp3) is 0.691. The molecule has 1 atom stereocenters. The Hall–Kier alpha value is -3.41. The molecule has 0 saturated carbocycles. The van der Waals surface area contributed by atoms with Crippen molar-refractivity contribution in [2.24, 2.45) is 0 Å². The molecule has 0 rings (SSSR count). The second-order valence-corrected chi connectivity index (χ2v) is 16.3. The summed E-state index contributed by atoms with van der Waals surface area (Å²) in [6.45, 7) is 6.36. The Morgan fingerprint density at radius 3 is 1.00 bits per heavy atom. The van der Waals surface area contributed by atoms with E-state index in [1.54, 1.807) is 0 Å². The van der Waals surface area contributed by atoms with Gasteiger partial charge in [0.1, 0.15) is 13.2 Å². The Labute approximate surface area is 375 Å². The van der Waals surface area contributed by atoms with Gasteiger partial charge >= 0.3 is 17.9 Å². The van der Waals surface area contributed by atoms with Crippen LogP contribution in [0.15, 0.2) is 85.1 Å². The summed E-state index contributed by atoms with van der Waals surface area (Å²) in [5.74, 6) is -0.935. The van der Waals surface area contributed by atoms with Crippen LogP contribution in [0.25, 0.3) is 0 Å². The molecule has 0 saturated heterocycles. The highest BCUT2D eigenvalue weighted by atomic mass is 16.6. The molecule has 0 aliphatic rings. The van der Waals surface area contributed by atoms with Crippen LogP contribution in [0.3, 0.4) is 0 Å². The maximum atomic E-state index is 12.8. The topological polar surface area (TPSA) is 78.9 Å². The number of rotatable bonds is 44. The first-order valence-electron chi connectivity index (χ1n) is 25.1. The number of esters is 3. The lowest BCUT2D eigenvalue weighted by atomic mass is 10.1. The van der Waals surface area contributed by atoms with Crippen LogP contribution < -0.4 is 0 Å². The molecule has 61 heavy (non-hydrogen) atoms. The van der Waals surface area contributed by atoms with Gasteiger partial charge in [-0.1, -0.05) is 202 Å². The first-order chi connectivity index (χ1) is 30.0. The number of carbonyl (C=O) groups excluding carboxylic acids is 3. The molecule has 348 valence electrons. The van der Waals surface area contributed by atoms with E-state index in [2.05, 4.69) is 106 Å². The van der Waals surface area contributed by atoms with E-state index in [0.29, 0.717) is 19.3 Å². The van der Waals surface area contributed by atoms with Crippen LogP contribution >= 0.6 is 0 Å². The maximum absolute atomic E-state index is 12.8. The number of unbranched alkanes of at least 4 members (excludes halogenated alkanes) is 19. The van der Waals surface area contributed by atoms with Gasteiger partial charge in [-0.15, -0.1) is 0 Å². The maximum Gasteiger partial charge on any atom is 0.306 e. The molecule has 0 radical (unpaired) electrons. The zero-order chi connectivity index (χ0) is 44.4. The fourth-order valence-electron chi connectivity index (χ4n) is 6.68. The van der Waals surface area contributed by atoms with Gasteiger partial charge in [-0.25, -0.2) is 0 Å². The van der Waals surface area contributed by atoms with Gasteiger partial charge in [0.25, 0.3) is 0 Å². The van der Waals surface area contributed by atoms with Crippen LogP contribution in [-0.4, -0.2) is 37.2 Å². The van der Waals surface area contributed by atoms with Crippen LogP contribution in [0.2, 0.25) is 0 Å². The van der Waals surface area contributed by atoms with E-state index >= 15 is 0 Å². The Balaban J connectivity index is 4.45. The number of allylic oxidation sites excluding steroid dienone is 14. The second-order valence-electron chi connectivity index (χ2n) is 16.3. The molecule has 0 aromatic heterocycles. The van der Waals surface area contributed by atoms with Gasteiger partial charge in [-0.2, -0.15) is 0 Å². The molecular weight excluding hydrogens is 757 g/mol. The monoisotopic (exact) mass is 849 g/mol. The third-order valence-corrected chi connectivity index (χ3v) is 10.4. The minimum absolute atomic E-state index is 0.0915. The van der Waals surface area contributed by atoms with Crippen LogP contribution in [0.4, 0.5) is 0 Å². The first-order valence-corrected chi connectivity index (χ1v) is 25.1. The lowest BCUT2D eigenvalue weighted by molar-refractivity contribution is -0.167. The SMILES string of the molecule is CC/C=C\C/C=C\C/C=C\C/C=C\CCCCCCC(=O)O[C@H](COC(=O)CCCCCCC/C=C\C/C=C\C/C=C\CC)COC(=O)CCCCCCCCCCCCC. The number of ether oxygens (including phenoxy) is 3. The zero-order valence-electron chi connectivity index (χ0n) is 39.7. The molecule has 0 aliphatic heterocycles. The van der Waals surface area contributed by atoms with Crippen molar-refractivity contribution < 1.29 is 28.6 Å². The highest BCUT2D eigenvalue weighted by Gasteiger charge is 2.19. The lowest BCUT2D eigenvalue weighted by Crippen LogP contribution is -2.30. The molecule has 0 unspecified atom stereocenters. The summed E-state index contributed by atoms with van der Waals surface area (Å²) in [7, 11) is 0. The molecule has 0 aliphatic carbocycles. The molecular formula is C55H92O6. The highest BCUT2D eigenvalue weighted by molar-refractivity contribution is 5.71. The molecule has 0 heterocycles. The van der Waals surface area contributed by atoms with Crippen LogP contribution in [0, 0.1) is 0 Å². The number of hydrogen-bond acceptors (Lipinski definition) is 6. The largest absolute Gasteiger partial charge is 0.462 e. The Morgan fingerprint density at radius 2 is 0.639 bits per heavy atom. The van der Waals surface area contributed by atoms with E-state index in [-0.39, 0.29) is 31.1 Å². The van der Waals surface area contributed by atoms with Crippen LogP contribution in [0.1, 0.15) is 226 Å². The number of carbonyl (C=O) groups is 3. The third kappa shape index (κ3) is 47.5.